The van der Waals surface area contributed by atoms with E-state index in [1.54, 1.807) is 17.4 Å². The summed E-state index contributed by atoms with van der Waals surface area (Å²) in [5, 5.41) is 9.21. The van der Waals surface area contributed by atoms with E-state index in [2.05, 4.69) is 21.8 Å². The minimum absolute atomic E-state index is 0.159. The molecule has 1 aromatic heterocycles. The van der Waals surface area contributed by atoms with E-state index in [1.165, 1.54) is 10.9 Å². The highest BCUT2D eigenvalue weighted by molar-refractivity contribution is 7.09. The van der Waals surface area contributed by atoms with Gasteiger partial charge in [-0.3, -0.25) is 0 Å². The Labute approximate surface area is 146 Å². The summed E-state index contributed by atoms with van der Waals surface area (Å²) in [5.74, 6) is 0.0919. The van der Waals surface area contributed by atoms with Crippen LogP contribution in [0.15, 0.2) is 23.7 Å². The number of aryl methyl sites for hydroxylation is 1. The predicted molar refractivity (Wildman–Crippen MR) is 94.6 cm³/mol. The molecule has 1 fully saturated rings. The van der Waals surface area contributed by atoms with Crippen molar-refractivity contribution in [3.63, 3.8) is 0 Å². The maximum absolute atomic E-state index is 13.8. The molecule has 0 spiro atoms. The second-order valence-electron chi connectivity index (χ2n) is 6.40. The summed E-state index contributed by atoms with van der Waals surface area (Å²) >= 11 is 1.70. The van der Waals surface area contributed by atoms with Gasteiger partial charge in [0.2, 0.25) is 0 Å². The van der Waals surface area contributed by atoms with Gasteiger partial charge in [-0.15, -0.1) is 11.3 Å². The minimum Gasteiger partial charge on any atom is -0.370 e. The first-order valence-corrected chi connectivity index (χ1v) is 8.97. The fraction of sp³-hybridized carbons (Fsp3) is 0.444. The maximum atomic E-state index is 13.8. The molecule has 1 aromatic carbocycles. The van der Waals surface area contributed by atoms with Gasteiger partial charge in [0.05, 0.1) is 16.9 Å². The van der Waals surface area contributed by atoms with Gasteiger partial charge in [-0.25, -0.2) is 9.37 Å². The standard InChI is InChI=1S/C18H21FN4S/c1-13-18(24-12-21-13)11-22(2)9-14-6-7-23(10-14)17-5-3-4-16(19)15(17)8-20/h3-5,12,14H,6-7,9-11H2,1-2H3/t14-/m0/s1. The van der Waals surface area contributed by atoms with E-state index in [0.717, 1.165) is 44.0 Å². The molecule has 24 heavy (non-hydrogen) atoms. The van der Waals surface area contributed by atoms with Gasteiger partial charge in [0.25, 0.3) is 0 Å². The SMILES string of the molecule is Cc1ncsc1CN(C)C[C@@H]1CCN(c2cccc(F)c2C#N)C1. The zero-order chi connectivity index (χ0) is 17.1. The summed E-state index contributed by atoms with van der Waals surface area (Å²) in [5.41, 5.74) is 3.88. The number of benzene rings is 1. The molecule has 4 nitrogen and oxygen atoms in total. The molecule has 0 bridgehead atoms. The normalized spacial score (nSPS) is 17.5. The monoisotopic (exact) mass is 344 g/mol. The third-order valence-electron chi connectivity index (χ3n) is 4.56. The lowest BCUT2D eigenvalue weighted by Gasteiger charge is -2.23. The van der Waals surface area contributed by atoms with Crippen molar-refractivity contribution in [3.8, 4) is 6.07 Å². The molecule has 3 rings (SSSR count). The third-order valence-corrected chi connectivity index (χ3v) is 5.48. The topological polar surface area (TPSA) is 43.2 Å². The quantitative estimate of drug-likeness (QED) is 0.833. The lowest BCUT2D eigenvalue weighted by Crippen LogP contribution is -2.28. The van der Waals surface area contributed by atoms with Gasteiger partial charge in [-0.05, 0) is 38.4 Å². The summed E-state index contributed by atoms with van der Waals surface area (Å²) in [4.78, 5) is 10.1. The summed E-state index contributed by atoms with van der Waals surface area (Å²) < 4.78 is 13.8. The minimum atomic E-state index is -0.434. The molecular formula is C18H21FN4S. The zero-order valence-corrected chi connectivity index (χ0v) is 14.8. The lowest BCUT2D eigenvalue weighted by atomic mass is 10.1. The lowest BCUT2D eigenvalue weighted by molar-refractivity contribution is 0.281. The Balaban J connectivity index is 1.61. The van der Waals surface area contributed by atoms with Gasteiger partial charge < -0.3 is 9.80 Å². The number of nitriles is 1. The average Bonchev–Trinajstić information content (AvgIpc) is 3.17. The average molecular weight is 344 g/mol. The third kappa shape index (κ3) is 3.58. The van der Waals surface area contributed by atoms with Crippen LogP contribution in [0.1, 0.15) is 22.6 Å². The second-order valence-corrected chi connectivity index (χ2v) is 7.34. The van der Waals surface area contributed by atoms with Crippen LogP contribution in [0.5, 0.6) is 0 Å². The Kier molecular flexibility index (Phi) is 5.12. The summed E-state index contributed by atoms with van der Waals surface area (Å²) in [6.45, 7) is 5.69. The highest BCUT2D eigenvalue weighted by Crippen LogP contribution is 2.28. The Morgan fingerprint density at radius 1 is 1.50 bits per heavy atom. The number of aromatic nitrogens is 1. The molecule has 1 aliphatic rings. The van der Waals surface area contributed by atoms with Gasteiger partial charge in [-0.1, -0.05) is 6.07 Å². The van der Waals surface area contributed by atoms with Crippen LogP contribution in [-0.2, 0) is 6.54 Å². The van der Waals surface area contributed by atoms with Crippen LogP contribution >= 0.6 is 11.3 Å². The van der Waals surface area contributed by atoms with Gasteiger partial charge in [-0.2, -0.15) is 5.26 Å². The smallest absolute Gasteiger partial charge is 0.143 e. The van der Waals surface area contributed by atoms with Gasteiger partial charge in [0, 0.05) is 31.1 Å². The number of halogens is 1. The molecular weight excluding hydrogens is 323 g/mol. The van der Waals surface area contributed by atoms with Crippen LogP contribution in [0.3, 0.4) is 0 Å². The molecule has 0 unspecified atom stereocenters. The number of thiazole rings is 1. The van der Waals surface area contributed by atoms with Crippen molar-refractivity contribution in [1.29, 1.82) is 5.26 Å². The Bertz CT molecular complexity index is 752. The molecule has 0 N–H and O–H groups in total. The van der Waals surface area contributed by atoms with Crippen LogP contribution in [0.2, 0.25) is 0 Å². The van der Waals surface area contributed by atoms with Gasteiger partial charge in [0.15, 0.2) is 0 Å². The number of hydrogen-bond acceptors (Lipinski definition) is 5. The molecule has 2 aromatic rings. The van der Waals surface area contributed by atoms with Crippen molar-refractivity contribution >= 4 is 17.0 Å². The van der Waals surface area contributed by atoms with Crippen molar-refractivity contribution in [2.24, 2.45) is 5.92 Å². The fourth-order valence-corrected chi connectivity index (χ4v) is 4.17. The van der Waals surface area contributed by atoms with E-state index in [0.29, 0.717) is 5.92 Å². The highest BCUT2D eigenvalue weighted by Gasteiger charge is 2.26. The first kappa shape index (κ1) is 16.9. The first-order valence-electron chi connectivity index (χ1n) is 8.09. The van der Waals surface area contributed by atoms with E-state index < -0.39 is 5.82 Å². The fourth-order valence-electron chi connectivity index (χ4n) is 3.32. The molecule has 6 heteroatoms. The van der Waals surface area contributed by atoms with Crippen LogP contribution in [0, 0.1) is 30.0 Å². The van der Waals surface area contributed by atoms with Gasteiger partial charge in [0.1, 0.15) is 17.4 Å². The van der Waals surface area contributed by atoms with Crippen LogP contribution in [0.4, 0.5) is 10.1 Å². The summed E-state index contributed by atoms with van der Waals surface area (Å²) in [6.07, 6.45) is 1.06. The molecule has 126 valence electrons. The zero-order valence-electron chi connectivity index (χ0n) is 14.0. The van der Waals surface area contributed by atoms with Crippen LogP contribution in [-0.4, -0.2) is 36.6 Å². The van der Waals surface area contributed by atoms with Crippen molar-refractivity contribution in [2.75, 3.05) is 31.6 Å². The summed E-state index contributed by atoms with van der Waals surface area (Å²) in [7, 11) is 2.13. The predicted octanol–water partition coefficient (Wildman–Crippen LogP) is 3.42. The molecule has 2 heterocycles. The van der Waals surface area contributed by atoms with Crippen LogP contribution in [0.25, 0.3) is 0 Å². The maximum Gasteiger partial charge on any atom is 0.143 e. The summed E-state index contributed by atoms with van der Waals surface area (Å²) in [6, 6.07) is 6.87. The van der Waals surface area contributed by atoms with E-state index in [9.17, 15) is 9.65 Å². The van der Waals surface area contributed by atoms with E-state index >= 15 is 0 Å². The highest BCUT2D eigenvalue weighted by atomic mass is 32.1. The van der Waals surface area contributed by atoms with Crippen molar-refractivity contribution in [1.82, 2.24) is 9.88 Å². The number of rotatable bonds is 5. The molecule has 1 saturated heterocycles. The van der Waals surface area contributed by atoms with E-state index in [1.807, 2.05) is 24.6 Å². The second kappa shape index (κ2) is 7.29. The molecule has 0 saturated carbocycles. The molecule has 1 atom stereocenters. The van der Waals surface area contributed by atoms with E-state index in [-0.39, 0.29) is 5.56 Å². The Morgan fingerprint density at radius 3 is 3.04 bits per heavy atom. The number of anilines is 1. The van der Waals surface area contributed by atoms with Crippen LogP contribution < -0.4 is 4.90 Å². The largest absolute Gasteiger partial charge is 0.370 e. The molecule has 0 radical (unpaired) electrons. The van der Waals surface area contributed by atoms with Crippen molar-refractivity contribution < 1.29 is 4.39 Å². The molecule has 1 aliphatic heterocycles. The van der Waals surface area contributed by atoms with Crippen molar-refractivity contribution in [3.05, 3.63) is 45.7 Å². The van der Waals surface area contributed by atoms with Gasteiger partial charge >= 0.3 is 0 Å². The Morgan fingerprint density at radius 2 is 2.33 bits per heavy atom. The number of hydrogen-bond donors (Lipinski definition) is 0. The molecule has 0 amide bonds. The molecule has 0 aliphatic carbocycles. The first-order chi connectivity index (χ1) is 11.6. The van der Waals surface area contributed by atoms with Crippen molar-refractivity contribution in [2.45, 2.75) is 19.9 Å². The Hall–Kier alpha value is -1.97. The van der Waals surface area contributed by atoms with E-state index in [4.69, 9.17) is 0 Å². The number of nitrogens with zero attached hydrogens (tertiary/aromatic N) is 4.